The van der Waals surface area contributed by atoms with E-state index in [-0.39, 0.29) is 11.9 Å². The first-order valence-corrected chi connectivity index (χ1v) is 8.91. The molecule has 1 saturated heterocycles. The molecule has 7 heteroatoms. The smallest absolute Gasteiger partial charge is 0.317 e. The molecule has 5 nitrogen and oxygen atoms in total. The maximum atomic E-state index is 13.1. The maximum Gasteiger partial charge on any atom is 0.317 e. The van der Waals surface area contributed by atoms with Gasteiger partial charge in [-0.1, -0.05) is 32.0 Å². The van der Waals surface area contributed by atoms with Crippen LogP contribution in [-0.4, -0.2) is 60.4 Å². The summed E-state index contributed by atoms with van der Waals surface area (Å²) < 4.78 is 26.2. The van der Waals surface area contributed by atoms with Crippen LogP contribution in [0.15, 0.2) is 30.3 Å². The lowest BCUT2D eigenvalue weighted by Crippen LogP contribution is -2.51. The molecule has 0 radical (unpaired) electrons. The summed E-state index contributed by atoms with van der Waals surface area (Å²) in [6.07, 6.45) is -1.88. The number of alkyl halides is 2. The summed E-state index contributed by atoms with van der Waals surface area (Å²) >= 11 is 0. The molecular formula is C19H27F2N3O2. The zero-order chi connectivity index (χ0) is 19.3. The number of carbonyl (C=O) groups is 2. The van der Waals surface area contributed by atoms with Crippen molar-refractivity contribution in [2.45, 2.75) is 39.7 Å². The van der Waals surface area contributed by atoms with Gasteiger partial charge in [-0.15, -0.1) is 0 Å². The fourth-order valence-electron chi connectivity index (χ4n) is 2.74. The third kappa shape index (κ3) is 4.71. The van der Waals surface area contributed by atoms with Crippen molar-refractivity contribution in [1.82, 2.24) is 15.1 Å². The number of carbonyl (C=O) groups excluding carboxylic acids is 2. The van der Waals surface area contributed by atoms with Crippen LogP contribution in [-0.2, 0) is 0 Å². The van der Waals surface area contributed by atoms with Crippen molar-refractivity contribution >= 4 is 11.9 Å². The zero-order valence-corrected chi connectivity index (χ0v) is 15.5. The first kappa shape index (κ1) is 20.1. The van der Waals surface area contributed by atoms with Crippen molar-refractivity contribution in [1.29, 1.82) is 0 Å². The van der Waals surface area contributed by atoms with E-state index in [1.54, 1.807) is 28.9 Å². The molecule has 0 bridgehead atoms. The molecule has 0 spiro atoms. The Balaban J connectivity index is 1.93. The van der Waals surface area contributed by atoms with E-state index in [0.717, 1.165) is 0 Å². The summed E-state index contributed by atoms with van der Waals surface area (Å²) in [6, 6.07) is 8.00. The van der Waals surface area contributed by atoms with Crippen molar-refractivity contribution in [3.8, 4) is 0 Å². The van der Waals surface area contributed by atoms with E-state index in [1.165, 1.54) is 13.8 Å². The number of nitrogens with one attached hydrogen (secondary N) is 1. The largest absolute Gasteiger partial charge is 0.337 e. The Bertz CT molecular complexity index is 622. The van der Waals surface area contributed by atoms with E-state index in [0.29, 0.717) is 38.2 Å². The van der Waals surface area contributed by atoms with E-state index in [9.17, 15) is 18.4 Å². The molecule has 1 fully saturated rings. The van der Waals surface area contributed by atoms with E-state index < -0.39 is 17.9 Å². The number of hydrogen-bond donors (Lipinski definition) is 1. The molecule has 1 aliphatic rings. The molecule has 1 N–H and O–H groups in total. The van der Waals surface area contributed by atoms with Gasteiger partial charge in [0.15, 0.2) is 0 Å². The monoisotopic (exact) mass is 367 g/mol. The lowest BCUT2D eigenvalue weighted by molar-refractivity contribution is -0.000544. The van der Waals surface area contributed by atoms with Gasteiger partial charge in [0.25, 0.3) is 5.91 Å². The van der Waals surface area contributed by atoms with Gasteiger partial charge in [-0.05, 0) is 25.5 Å². The van der Waals surface area contributed by atoms with Crippen molar-refractivity contribution < 1.29 is 18.4 Å². The summed E-state index contributed by atoms with van der Waals surface area (Å²) in [5.74, 6) is -0.0555. The third-order valence-corrected chi connectivity index (χ3v) is 5.11. The summed E-state index contributed by atoms with van der Waals surface area (Å²) in [6.45, 7) is 6.32. The van der Waals surface area contributed by atoms with E-state index in [1.807, 2.05) is 18.2 Å². The number of halogens is 2. The van der Waals surface area contributed by atoms with Crippen LogP contribution >= 0.6 is 0 Å². The van der Waals surface area contributed by atoms with Gasteiger partial charge in [0.05, 0.1) is 0 Å². The van der Waals surface area contributed by atoms with Crippen LogP contribution in [0.1, 0.15) is 37.6 Å². The molecule has 1 unspecified atom stereocenters. The second-order valence-corrected chi connectivity index (χ2v) is 7.29. The van der Waals surface area contributed by atoms with Crippen molar-refractivity contribution in [2.75, 3.05) is 26.2 Å². The van der Waals surface area contributed by atoms with E-state index >= 15 is 0 Å². The zero-order valence-electron chi connectivity index (χ0n) is 15.5. The number of benzene rings is 1. The van der Waals surface area contributed by atoms with Gasteiger partial charge in [0.2, 0.25) is 6.43 Å². The van der Waals surface area contributed by atoms with Crippen LogP contribution in [0.4, 0.5) is 13.6 Å². The highest BCUT2D eigenvalue weighted by molar-refractivity contribution is 5.94. The van der Waals surface area contributed by atoms with Crippen molar-refractivity contribution in [3.63, 3.8) is 0 Å². The predicted molar refractivity (Wildman–Crippen MR) is 96.3 cm³/mol. The maximum absolute atomic E-state index is 13.1. The normalized spacial score (nSPS) is 17.0. The number of hydrogen-bond acceptors (Lipinski definition) is 2. The van der Waals surface area contributed by atoms with Gasteiger partial charge in [-0.2, -0.15) is 0 Å². The van der Waals surface area contributed by atoms with Gasteiger partial charge >= 0.3 is 6.03 Å². The van der Waals surface area contributed by atoms with Crippen LogP contribution in [0.5, 0.6) is 0 Å². The topological polar surface area (TPSA) is 52.7 Å². The van der Waals surface area contributed by atoms with Crippen LogP contribution in [0.2, 0.25) is 0 Å². The molecule has 0 aromatic heterocycles. The Kier molecular flexibility index (Phi) is 6.56. The molecule has 144 valence electrons. The van der Waals surface area contributed by atoms with Gasteiger partial charge in [-0.3, -0.25) is 4.79 Å². The highest BCUT2D eigenvalue weighted by atomic mass is 19.3. The Morgan fingerprint density at radius 3 is 2.23 bits per heavy atom. The summed E-state index contributed by atoms with van der Waals surface area (Å²) in [7, 11) is 0. The molecule has 1 heterocycles. The highest BCUT2D eigenvalue weighted by Gasteiger charge is 2.37. The molecule has 1 atom stereocenters. The van der Waals surface area contributed by atoms with Crippen molar-refractivity contribution in [3.05, 3.63) is 35.9 Å². The fourth-order valence-corrected chi connectivity index (χ4v) is 2.74. The SMILES string of the molecule is CC(NC(=O)N1CCCN(C(=O)c2ccccc2)CC1)C(C)(C)C(F)F. The average molecular weight is 367 g/mol. The molecule has 0 aliphatic carbocycles. The molecule has 1 aromatic rings. The lowest BCUT2D eigenvalue weighted by Gasteiger charge is -2.33. The van der Waals surface area contributed by atoms with E-state index in [2.05, 4.69) is 5.32 Å². The van der Waals surface area contributed by atoms with Crippen LogP contribution in [0.3, 0.4) is 0 Å². The van der Waals surface area contributed by atoms with Gasteiger partial charge in [0.1, 0.15) is 0 Å². The third-order valence-electron chi connectivity index (χ3n) is 5.11. The second-order valence-electron chi connectivity index (χ2n) is 7.29. The van der Waals surface area contributed by atoms with Crippen LogP contribution < -0.4 is 5.32 Å². The number of amides is 3. The fraction of sp³-hybridized carbons (Fsp3) is 0.579. The molecule has 0 saturated carbocycles. The predicted octanol–water partition coefficient (Wildman–Crippen LogP) is 3.22. The summed E-state index contributed by atoms with van der Waals surface area (Å²) in [4.78, 5) is 28.3. The number of rotatable bonds is 4. The molecule has 1 aliphatic heterocycles. The Morgan fingerprint density at radius 1 is 1.04 bits per heavy atom. The molecule has 3 amide bonds. The van der Waals surface area contributed by atoms with E-state index in [4.69, 9.17) is 0 Å². The van der Waals surface area contributed by atoms with Gasteiger partial charge in [-0.25, -0.2) is 13.6 Å². The first-order chi connectivity index (χ1) is 12.2. The quantitative estimate of drug-likeness (QED) is 0.888. The number of urea groups is 1. The highest BCUT2D eigenvalue weighted by Crippen LogP contribution is 2.28. The standard InChI is InChI=1S/C19H27F2N3O2/c1-14(19(2,3)17(20)21)22-18(26)24-11-7-10-23(12-13-24)16(25)15-8-5-4-6-9-15/h4-6,8-9,14,17H,7,10-13H2,1-3H3,(H,22,26). The minimum absolute atomic E-state index is 0.0555. The average Bonchev–Trinajstić information content (AvgIpc) is 2.87. The molecule has 1 aromatic carbocycles. The Hall–Kier alpha value is -2.18. The summed E-state index contributed by atoms with van der Waals surface area (Å²) in [5.41, 5.74) is -0.686. The minimum Gasteiger partial charge on any atom is -0.337 e. The second kappa shape index (κ2) is 8.47. The molecule has 2 rings (SSSR count). The van der Waals surface area contributed by atoms with Crippen molar-refractivity contribution in [2.24, 2.45) is 5.41 Å². The number of nitrogens with zero attached hydrogens (tertiary/aromatic N) is 2. The molecule has 26 heavy (non-hydrogen) atoms. The molecular weight excluding hydrogens is 340 g/mol. The minimum atomic E-state index is -2.53. The Labute approximate surface area is 153 Å². The first-order valence-electron chi connectivity index (χ1n) is 8.91. The van der Waals surface area contributed by atoms with Gasteiger partial charge in [0, 0.05) is 43.2 Å². The van der Waals surface area contributed by atoms with Gasteiger partial charge < -0.3 is 15.1 Å². The summed E-state index contributed by atoms with van der Waals surface area (Å²) in [5, 5.41) is 2.68. The van der Waals surface area contributed by atoms with Crippen LogP contribution in [0, 0.1) is 5.41 Å². The lowest BCUT2D eigenvalue weighted by atomic mass is 9.86. The Morgan fingerprint density at radius 2 is 1.62 bits per heavy atom. The van der Waals surface area contributed by atoms with Crippen LogP contribution in [0.25, 0.3) is 0 Å².